The van der Waals surface area contributed by atoms with E-state index in [0.29, 0.717) is 12.6 Å². The van der Waals surface area contributed by atoms with Crippen LogP contribution in [0.2, 0.25) is 0 Å². The van der Waals surface area contributed by atoms with Crippen molar-refractivity contribution >= 4 is 5.82 Å². The molecular formula is C21H29N3O2. The number of aliphatic hydroxyl groups is 1. The molecule has 0 aliphatic carbocycles. The summed E-state index contributed by atoms with van der Waals surface area (Å²) in [4.78, 5) is 9.00. The van der Waals surface area contributed by atoms with E-state index in [1.54, 1.807) is 0 Å². The number of likely N-dealkylation sites (tertiary alicyclic amines) is 1. The Morgan fingerprint density at radius 2 is 2.12 bits per heavy atom. The van der Waals surface area contributed by atoms with Gasteiger partial charge in [-0.1, -0.05) is 6.07 Å². The van der Waals surface area contributed by atoms with Gasteiger partial charge < -0.3 is 14.7 Å². The van der Waals surface area contributed by atoms with Crippen molar-refractivity contribution in [2.45, 2.75) is 39.0 Å². The highest BCUT2D eigenvalue weighted by Gasteiger charge is 2.26. The molecule has 1 atom stereocenters. The Hall–Kier alpha value is -2.11. The molecule has 1 aromatic heterocycles. The van der Waals surface area contributed by atoms with Crippen LogP contribution in [-0.4, -0.2) is 42.2 Å². The average Bonchev–Trinajstić information content (AvgIpc) is 3.11. The lowest BCUT2D eigenvalue weighted by Gasteiger charge is -2.26. The number of pyridine rings is 1. The van der Waals surface area contributed by atoms with E-state index in [4.69, 9.17) is 4.74 Å². The van der Waals surface area contributed by atoms with E-state index in [1.807, 2.05) is 38.2 Å². The maximum absolute atomic E-state index is 9.64. The summed E-state index contributed by atoms with van der Waals surface area (Å²) in [5, 5.41) is 9.64. The molecule has 2 aromatic rings. The van der Waals surface area contributed by atoms with E-state index < -0.39 is 0 Å². The van der Waals surface area contributed by atoms with E-state index in [2.05, 4.69) is 34.1 Å². The monoisotopic (exact) mass is 355 g/mol. The van der Waals surface area contributed by atoms with Gasteiger partial charge in [0.05, 0.1) is 13.2 Å². The molecule has 1 fully saturated rings. The van der Waals surface area contributed by atoms with Crippen LogP contribution in [0.5, 0.6) is 5.75 Å². The first-order valence-corrected chi connectivity index (χ1v) is 9.35. The van der Waals surface area contributed by atoms with E-state index in [1.165, 1.54) is 24.0 Å². The molecule has 1 N–H and O–H groups in total. The second-order valence-electron chi connectivity index (χ2n) is 7.00. The molecule has 26 heavy (non-hydrogen) atoms. The molecule has 0 saturated carbocycles. The number of ether oxygens (including phenoxy) is 1. The van der Waals surface area contributed by atoms with Gasteiger partial charge in [0.2, 0.25) is 0 Å². The molecule has 0 unspecified atom stereocenters. The zero-order valence-corrected chi connectivity index (χ0v) is 16.0. The van der Waals surface area contributed by atoms with Gasteiger partial charge in [-0.3, -0.25) is 4.90 Å². The molecule has 140 valence electrons. The molecule has 0 spiro atoms. The van der Waals surface area contributed by atoms with Crippen LogP contribution in [0, 0.1) is 0 Å². The summed E-state index contributed by atoms with van der Waals surface area (Å²) in [7, 11) is 4.05. The van der Waals surface area contributed by atoms with Gasteiger partial charge in [0.15, 0.2) is 0 Å². The summed E-state index contributed by atoms with van der Waals surface area (Å²) in [6, 6.07) is 10.9. The fraction of sp³-hybridized carbons (Fsp3) is 0.476. The highest BCUT2D eigenvalue weighted by Crippen LogP contribution is 2.34. The summed E-state index contributed by atoms with van der Waals surface area (Å²) in [6.07, 6.45) is 4.27. The van der Waals surface area contributed by atoms with Gasteiger partial charge in [0.25, 0.3) is 0 Å². The third-order valence-electron chi connectivity index (χ3n) is 4.96. The largest absolute Gasteiger partial charge is 0.494 e. The van der Waals surface area contributed by atoms with Gasteiger partial charge >= 0.3 is 0 Å². The molecule has 5 nitrogen and oxygen atoms in total. The van der Waals surface area contributed by atoms with Crippen molar-refractivity contribution in [1.82, 2.24) is 9.88 Å². The lowest BCUT2D eigenvalue weighted by molar-refractivity contribution is 0.246. The van der Waals surface area contributed by atoms with Crippen LogP contribution in [0.15, 0.2) is 36.5 Å². The van der Waals surface area contributed by atoms with Crippen LogP contribution < -0.4 is 9.64 Å². The smallest absolute Gasteiger partial charge is 0.128 e. The van der Waals surface area contributed by atoms with E-state index in [-0.39, 0.29) is 6.61 Å². The second-order valence-corrected chi connectivity index (χ2v) is 7.00. The van der Waals surface area contributed by atoms with Crippen molar-refractivity contribution in [1.29, 1.82) is 0 Å². The number of aromatic nitrogens is 1. The van der Waals surface area contributed by atoms with Crippen molar-refractivity contribution in [3.63, 3.8) is 0 Å². The number of aliphatic hydroxyl groups excluding tert-OH is 1. The Balaban J connectivity index is 1.78. The van der Waals surface area contributed by atoms with Crippen molar-refractivity contribution in [2.75, 3.05) is 32.1 Å². The molecule has 1 aromatic carbocycles. The first-order valence-electron chi connectivity index (χ1n) is 9.35. The van der Waals surface area contributed by atoms with Gasteiger partial charge in [0, 0.05) is 38.4 Å². The van der Waals surface area contributed by atoms with Gasteiger partial charge in [0.1, 0.15) is 11.6 Å². The van der Waals surface area contributed by atoms with E-state index in [0.717, 1.165) is 30.2 Å². The SMILES string of the molecule is CCOc1ccc(CN2CCC[C@H]2c2ccnc(N(C)C)c2)cc1CO. The zero-order valence-electron chi connectivity index (χ0n) is 16.0. The van der Waals surface area contributed by atoms with Gasteiger partial charge in [-0.2, -0.15) is 0 Å². The molecule has 5 heteroatoms. The zero-order chi connectivity index (χ0) is 18.5. The lowest BCUT2D eigenvalue weighted by atomic mass is 10.0. The fourth-order valence-corrected chi connectivity index (χ4v) is 3.66. The molecule has 1 saturated heterocycles. The fourth-order valence-electron chi connectivity index (χ4n) is 3.66. The third-order valence-corrected chi connectivity index (χ3v) is 4.96. The Labute approximate surface area is 156 Å². The molecule has 1 aliphatic heterocycles. The minimum absolute atomic E-state index is 0.00313. The normalized spacial score (nSPS) is 17.5. The van der Waals surface area contributed by atoms with Crippen LogP contribution in [0.25, 0.3) is 0 Å². The summed E-state index contributed by atoms with van der Waals surface area (Å²) in [5.74, 6) is 1.78. The van der Waals surface area contributed by atoms with Crippen LogP contribution >= 0.6 is 0 Å². The summed E-state index contributed by atoms with van der Waals surface area (Å²) < 4.78 is 5.59. The highest BCUT2D eigenvalue weighted by molar-refractivity contribution is 5.41. The van der Waals surface area contributed by atoms with E-state index in [9.17, 15) is 5.11 Å². The van der Waals surface area contributed by atoms with Crippen molar-refractivity contribution in [3.8, 4) is 5.75 Å². The number of rotatable bonds is 7. The molecule has 2 heterocycles. The average molecular weight is 355 g/mol. The van der Waals surface area contributed by atoms with Gasteiger partial charge in [-0.25, -0.2) is 4.98 Å². The topological polar surface area (TPSA) is 48.8 Å². The lowest BCUT2D eigenvalue weighted by Crippen LogP contribution is -2.23. The second kappa shape index (κ2) is 8.52. The summed E-state index contributed by atoms with van der Waals surface area (Å²) in [6.45, 7) is 4.54. The summed E-state index contributed by atoms with van der Waals surface area (Å²) >= 11 is 0. The Bertz CT molecular complexity index is 733. The number of anilines is 1. The molecule has 0 radical (unpaired) electrons. The molecular weight excluding hydrogens is 326 g/mol. The third kappa shape index (κ3) is 4.17. The predicted octanol–water partition coefficient (Wildman–Crippen LogP) is 3.38. The maximum Gasteiger partial charge on any atom is 0.128 e. The maximum atomic E-state index is 9.64. The number of benzene rings is 1. The van der Waals surface area contributed by atoms with Crippen LogP contribution in [-0.2, 0) is 13.2 Å². The van der Waals surface area contributed by atoms with Gasteiger partial charge in [-0.15, -0.1) is 0 Å². The first kappa shape index (κ1) is 18.7. The number of nitrogens with zero attached hydrogens (tertiary/aromatic N) is 3. The first-order chi connectivity index (χ1) is 12.6. The van der Waals surface area contributed by atoms with E-state index >= 15 is 0 Å². The van der Waals surface area contributed by atoms with Crippen molar-refractivity contribution in [2.24, 2.45) is 0 Å². The number of hydrogen-bond donors (Lipinski definition) is 1. The van der Waals surface area contributed by atoms with Crippen LogP contribution in [0.3, 0.4) is 0 Å². The molecule has 3 rings (SSSR count). The van der Waals surface area contributed by atoms with Crippen LogP contribution in [0.1, 0.15) is 42.5 Å². The molecule has 0 amide bonds. The van der Waals surface area contributed by atoms with Crippen molar-refractivity contribution < 1.29 is 9.84 Å². The number of hydrogen-bond acceptors (Lipinski definition) is 5. The highest BCUT2D eigenvalue weighted by atomic mass is 16.5. The minimum Gasteiger partial charge on any atom is -0.494 e. The Morgan fingerprint density at radius 3 is 2.85 bits per heavy atom. The van der Waals surface area contributed by atoms with Crippen molar-refractivity contribution in [3.05, 3.63) is 53.2 Å². The Kier molecular flexibility index (Phi) is 6.12. The Morgan fingerprint density at radius 1 is 1.27 bits per heavy atom. The standard InChI is InChI=1S/C21H29N3O2/c1-4-26-20-8-7-16(12-18(20)15-25)14-24-11-5-6-19(24)17-9-10-22-21(13-17)23(2)3/h7-10,12-13,19,25H,4-6,11,14-15H2,1-3H3/t19-/m0/s1. The molecule has 0 bridgehead atoms. The molecule has 1 aliphatic rings. The quantitative estimate of drug-likeness (QED) is 0.825. The minimum atomic E-state index is 0.00313. The van der Waals surface area contributed by atoms with Crippen LogP contribution in [0.4, 0.5) is 5.82 Å². The summed E-state index contributed by atoms with van der Waals surface area (Å²) in [5.41, 5.74) is 3.40. The van der Waals surface area contributed by atoms with Gasteiger partial charge in [-0.05, 0) is 61.7 Å². The predicted molar refractivity (Wildman–Crippen MR) is 104 cm³/mol.